The van der Waals surface area contributed by atoms with Gasteiger partial charge in [0.25, 0.3) is 0 Å². The molecule has 0 aliphatic heterocycles. The van der Waals surface area contributed by atoms with Gasteiger partial charge in [0, 0.05) is 5.02 Å². The summed E-state index contributed by atoms with van der Waals surface area (Å²) in [5.41, 5.74) is 6.13. The molecule has 0 radical (unpaired) electrons. The number of hydrogen-bond donors (Lipinski definition) is 2. The van der Waals surface area contributed by atoms with Gasteiger partial charge in [-0.15, -0.1) is 0 Å². The molecule has 0 aliphatic carbocycles. The van der Waals surface area contributed by atoms with E-state index in [9.17, 15) is 0 Å². The maximum atomic E-state index is 7.51. The third-order valence-electron chi connectivity index (χ3n) is 3.24. The van der Waals surface area contributed by atoms with Crippen LogP contribution in [0, 0.1) is 5.41 Å². The molecular weight excluding hydrogens is 272 g/mol. The number of hydrogen-bond acceptors (Lipinski definition) is 2. The van der Waals surface area contributed by atoms with Crippen LogP contribution in [0.25, 0.3) is 0 Å². The minimum atomic E-state index is 0.0104. The summed E-state index contributed by atoms with van der Waals surface area (Å²) in [5, 5.41) is 8.11. The zero-order valence-corrected chi connectivity index (χ0v) is 13.0. The van der Waals surface area contributed by atoms with Crippen LogP contribution >= 0.6 is 11.6 Å². The zero-order chi connectivity index (χ0) is 14.8. The van der Waals surface area contributed by atoms with Gasteiger partial charge in [-0.05, 0) is 24.6 Å². The van der Waals surface area contributed by atoms with Crippen molar-refractivity contribution in [1.82, 2.24) is 0 Å². The topological polar surface area (TPSA) is 59.1 Å². The number of halogens is 1. The molecule has 0 heterocycles. The quantitative estimate of drug-likeness (QED) is 0.372. The number of unbranched alkanes of at least 4 members (excludes halogenated alkanes) is 6. The molecule has 0 bridgehead atoms. The fraction of sp³-hybridized carbons (Fsp3) is 0.562. The molecule has 1 aromatic carbocycles. The van der Waals surface area contributed by atoms with Crippen LogP contribution in [-0.2, 0) is 0 Å². The minimum absolute atomic E-state index is 0.0104. The minimum Gasteiger partial charge on any atom is -0.493 e. The Morgan fingerprint density at radius 1 is 1.15 bits per heavy atom. The van der Waals surface area contributed by atoms with Gasteiger partial charge in [0.2, 0.25) is 0 Å². The van der Waals surface area contributed by atoms with E-state index in [1.54, 1.807) is 18.2 Å². The van der Waals surface area contributed by atoms with Crippen molar-refractivity contribution in [3.8, 4) is 5.75 Å². The van der Waals surface area contributed by atoms with E-state index in [1.165, 1.54) is 38.5 Å². The van der Waals surface area contributed by atoms with Crippen molar-refractivity contribution in [2.45, 2.75) is 51.9 Å². The summed E-state index contributed by atoms with van der Waals surface area (Å²) in [6.45, 7) is 2.87. The van der Waals surface area contributed by atoms with E-state index in [0.29, 0.717) is 22.9 Å². The number of benzene rings is 1. The van der Waals surface area contributed by atoms with E-state index in [4.69, 9.17) is 27.5 Å². The van der Waals surface area contributed by atoms with Gasteiger partial charge in [-0.1, -0.05) is 57.0 Å². The standard InChI is InChI=1S/C16H25ClN2O/c1-2-3-4-5-6-7-8-11-20-15-12-13(17)9-10-14(15)16(18)19/h9-10,12H,2-8,11H2,1H3,(H3,18,19). The van der Waals surface area contributed by atoms with Crippen LogP contribution in [-0.4, -0.2) is 12.4 Å². The lowest BCUT2D eigenvalue weighted by Gasteiger charge is -2.11. The van der Waals surface area contributed by atoms with Crippen LogP contribution in [0.4, 0.5) is 0 Å². The van der Waals surface area contributed by atoms with Crippen LogP contribution < -0.4 is 10.5 Å². The van der Waals surface area contributed by atoms with Crippen molar-refractivity contribution in [1.29, 1.82) is 5.41 Å². The largest absolute Gasteiger partial charge is 0.493 e. The van der Waals surface area contributed by atoms with Crippen LogP contribution in [0.2, 0.25) is 5.02 Å². The molecule has 0 unspecified atom stereocenters. The first kappa shape index (κ1) is 16.8. The number of nitrogens with one attached hydrogen (secondary N) is 1. The second-order valence-corrected chi connectivity index (χ2v) is 5.46. The van der Waals surface area contributed by atoms with Gasteiger partial charge >= 0.3 is 0 Å². The summed E-state index contributed by atoms with van der Waals surface area (Å²) in [6.07, 6.45) is 8.73. The van der Waals surface area contributed by atoms with E-state index < -0.39 is 0 Å². The average Bonchev–Trinajstić information content (AvgIpc) is 2.41. The van der Waals surface area contributed by atoms with Crippen LogP contribution in [0.1, 0.15) is 57.4 Å². The Hall–Kier alpha value is -1.22. The van der Waals surface area contributed by atoms with Gasteiger partial charge in [0.15, 0.2) is 0 Å². The van der Waals surface area contributed by atoms with Crippen molar-refractivity contribution in [2.24, 2.45) is 5.73 Å². The monoisotopic (exact) mass is 296 g/mol. The Labute approximate surface area is 127 Å². The fourth-order valence-corrected chi connectivity index (χ4v) is 2.24. The van der Waals surface area contributed by atoms with E-state index in [0.717, 1.165) is 6.42 Å². The highest BCUT2D eigenvalue weighted by atomic mass is 35.5. The van der Waals surface area contributed by atoms with E-state index >= 15 is 0 Å². The molecule has 1 rings (SSSR count). The van der Waals surface area contributed by atoms with Gasteiger partial charge in [0.1, 0.15) is 11.6 Å². The predicted octanol–water partition coefficient (Wildman–Crippen LogP) is 4.75. The Kier molecular flexibility index (Phi) is 8.12. The van der Waals surface area contributed by atoms with Gasteiger partial charge in [-0.3, -0.25) is 5.41 Å². The summed E-state index contributed by atoms with van der Waals surface area (Å²) in [7, 11) is 0. The molecule has 4 heteroatoms. The number of nitrogen functional groups attached to an aromatic ring is 1. The second kappa shape index (κ2) is 9.65. The van der Waals surface area contributed by atoms with Gasteiger partial charge in [0.05, 0.1) is 12.2 Å². The molecule has 0 aliphatic rings. The third kappa shape index (κ3) is 6.29. The SMILES string of the molecule is CCCCCCCCCOc1cc(Cl)ccc1C(=N)N. The molecule has 3 nitrogen and oxygen atoms in total. The second-order valence-electron chi connectivity index (χ2n) is 5.02. The van der Waals surface area contributed by atoms with Gasteiger partial charge in [-0.25, -0.2) is 0 Å². The molecule has 3 N–H and O–H groups in total. The van der Waals surface area contributed by atoms with E-state index in [-0.39, 0.29) is 5.84 Å². The highest BCUT2D eigenvalue weighted by Gasteiger charge is 2.07. The normalized spacial score (nSPS) is 10.5. The van der Waals surface area contributed by atoms with Crippen LogP contribution in [0.3, 0.4) is 0 Å². The predicted molar refractivity (Wildman–Crippen MR) is 86.0 cm³/mol. The summed E-state index contributed by atoms with van der Waals surface area (Å²) < 4.78 is 5.70. The van der Waals surface area contributed by atoms with Crippen molar-refractivity contribution < 1.29 is 4.74 Å². The number of amidine groups is 1. The molecule has 0 saturated heterocycles. The van der Waals surface area contributed by atoms with E-state index in [2.05, 4.69) is 6.92 Å². The molecule has 0 saturated carbocycles. The highest BCUT2D eigenvalue weighted by Crippen LogP contribution is 2.23. The summed E-state index contributed by atoms with van der Waals surface area (Å²) >= 11 is 5.94. The first-order valence-electron chi connectivity index (χ1n) is 7.42. The van der Waals surface area contributed by atoms with Gasteiger partial charge in [-0.2, -0.15) is 0 Å². The molecule has 112 valence electrons. The van der Waals surface area contributed by atoms with Crippen molar-refractivity contribution >= 4 is 17.4 Å². The fourth-order valence-electron chi connectivity index (χ4n) is 2.08. The lowest BCUT2D eigenvalue weighted by atomic mass is 10.1. The zero-order valence-electron chi connectivity index (χ0n) is 12.3. The molecule has 0 atom stereocenters. The number of ether oxygens (including phenoxy) is 1. The molecule has 0 amide bonds. The molecule has 20 heavy (non-hydrogen) atoms. The first-order valence-corrected chi connectivity index (χ1v) is 7.79. The Balaban J connectivity index is 2.28. The number of rotatable bonds is 10. The molecule has 0 spiro atoms. The van der Waals surface area contributed by atoms with Crippen LogP contribution in [0.15, 0.2) is 18.2 Å². The Morgan fingerprint density at radius 3 is 2.45 bits per heavy atom. The number of nitrogens with two attached hydrogens (primary N) is 1. The molecule has 0 aromatic heterocycles. The summed E-state index contributed by atoms with van der Waals surface area (Å²) in [4.78, 5) is 0. The Morgan fingerprint density at radius 2 is 1.80 bits per heavy atom. The smallest absolute Gasteiger partial charge is 0.131 e. The van der Waals surface area contributed by atoms with Crippen LogP contribution in [0.5, 0.6) is 5.75 Å². The summed E-state index contributed by atoms with van der Waals surface area (Å²) in [6, 6.07) is 5.17. The highest BCUT2D eigenvalue weighted by molar-refractivity contribution is 6.30. The maximum Gasteiger partial charge on any atom is 0.131 e. The maximum absolute atomic E-state index is 7.51. The molecular formula is C16H25ClN2O. The lowest BCUT2D eigenvalue weighted by molar-refractivity contribution is 0.304. The molecule has 1 aromatic rings. The first-order chi connectivity index (χ1) is 9.65. The van der Waals surface area contributed by atoms with Gasteiger partial charge < -0.3 is 10.5 Å². The molecule has 0 fully saturated rings. The summed E-state index contributed by atoms with van der Waals surface area (Å²) in [5.74, 6) is 0.618. The van der Waals surface area contributed by atoms with Crippen molar-refractivity contribution in [2.75, 3.05) is 6.61 Å². The van der Waals surface area contributed by atoms with Crippen molar-refractivity contribution in [3.05, 3.63) is 28.8 Å². The van der Waals surface area contributed by atoms with Crippen molar-refractivity contribution in [3.63, 3.8) is 0 Å². The van der Waals surface area contributed by atoms with E-state index in [1.807, 2.05) is 0 Å². The average molecular weight is 297 g/mol. The lowest BCUT2D eigenvalue weighted by Crippen LogP contribution is -2.13. The Bertz CT molecular complexity index is 421. The third-order valence-corrected chi connectivity index (χ3v) is 3.47.